The van der Waals surface area contributed by atoms with Crippen molar-refractivity contribution in [3.63, 3.8) is 0 Å². The number of ether oxygens (including phenoxy) is 1. The molecule has 1 fully saturated rings. The van der Waals surface area contributed by atoms with Crippen molar-refractivity contribution in [1.82, 2.24) is 20.2 Å². The molecule has 0 radical (unpaired) electrons. The second-order valence-electron chi connectivity index (χ2n) is 6.64. The lowest BCUT2D eigenvalue weighted by Crippen LogP contribution is -2.49. The Balaban J connectivity index is 2.04. The van der Waals surface area contributed by atoms with Gasteiger partial charge in [-0.05, 0) is 35.9 Å². The molecule has 0 spiro atoms. The van der Waals surface area contributed by atoms with E-state index in [1.54, 1.807) is 29.2 Å². The van der Waals surface area contributed by atoms with Crippen LogP contribution < -0.4 is 5.32 Å². The van der Waals surface area contributed by atoms with Crippen LogP contribution in [-0.2, 0) is 9.53 Å². The van der Waals surface area contributed by atoms with Crippen LogP contribution in [0.2, 0.25) is 5.15 Å². The number of nitriles is 1. The van der Waals surface area contributed by atoms with Gasteiger partial charge in [-0.1, -0.05) is 18.2 Å². The lowest BCUT2D eigenvalue weighted by atomic mass is 9.99. The summed E-state index contributed by atoms with van der Waals surface area (Å²) in [5, 5.41) is 11.9. The molecule has 1 aliphatic rings. The molecule has 154 valence electrons. The molecular weight excluding hydrogens is 406 g/mol. The van der Waals surface area contributed by atoms with Crippen molar-refractivity contribution < 1.29 is 14.3 Å². The minimum absolute atomic E-state index is 0.140. The van der Waals surface area contributed by atoms with Crippen LogP contribution in [0.25, 0.3) is 11.3 Å². The molecule has 1 aliphatic heterocycles. The lowest BCUT2D eigenvalue weighted by molar-refractivity contribution is -0.140. The van der Waals surface area contributed by atoms with E-state index in [-0.39, 0.29) is 42.3 Å². The monoisotopic (exact) mass is 425 g/mol. The average Bonchev–Trinajstić information content (AvgIpc) is 2.77. The Morgan fingerprint density at radius 3 is 2.93 bits per heavy atom. The van der Waals surface area contributed by atoms with E-state index in [9.17, 15) is 9.59 Å². The predicted molar refractivity (Wildman–Crippen MR) is 110 cm³/mol. The Hall–Kier alpha value is -3.28. The highest BCUT2D eigenvalue weighted by atomic mass is 35.5. The zero-order chi connectivity index (χ0) is 21.7. The second kappa shape index (κ2) is 9.48. The molecule has 0 saturated carbocycles. The minimum Gasteiger partial charge on any atom is -0.377 e. The van der Waals surface area contributed by atoms with Gasteiger partial charge in [-0.15, -0.1) is 0 Å². The molecule has 30 heavy (non-hydrogen) atoms. The van der Waals surface area contributed by atoms with Crippen molar-refractivity contribution in [2.45, 2.75) is 18.5 Å². The fraction of sp³-hybridized carbons (Fsp3) is 0.286. The molecule has 3 heterocycles. The van der Waals surface area contributed by atoms with Gasteiger partial charge in [0, 0.05) is 18.8 Å². The van der Waals surface area contributed by atoms with Crippen LogP contribution in [0.3, 0.4) is 0 Å². The number of rotatable bonds is 5. The van der Waals surface area contributed by atoms with Gasteiger partial charge in [-0.3, -0.25) is 14.6 Å². The van der Waals surface area contributed by atoms with Crippen LogP contribution in [0.15, 0.2) is 43.1 Å². The molecular formula is C21H20ClN5O3. The maximum Gasteiger partial charge on any atom is 0.269 e. The number of carbonyl (C=O) groups excluding carboxylic acids is 2. The number of aromatic nitrogens is 2. The first-order valence-corrected chi connectivity index (χ1v) is 9.61. The Morgan fingerprint density at radius 2 is 2.23 bits per heavy atom. The van der Waals surface area contributed by atoms with E-state index < -0.39 is 12.1 Å². The van der Waals surface area contributed by atoms with Crippen molar-refractivity contribution >= 4 is 23.4 Å². The topological polar surface area (TPSA) is 108 Å². The van der Waals surface area contributed by atoms with Gasteiger partial charge in [0.25, 0.3) is 5.91 Å². The van der Waals surface area contributed by atoms with Crippen molar-refractivity contribution in [3.8, 4) is 17.3 Å². The molecule has 2 atom stereocenters. The maximum absolute atomic E-state index is 12.6. The number of pyridine rings is 2. The highest BCUT2D eigenvalue weighted by Gasteiger charge is 2.35. The summed E-state index contributed by atoms with van der Waals surface area (Å²) in [6.07, 6.45) is 2.88. The molecule has 0 aliphatic carbocycles. The number of amides is 2. The van der Waals surface area contributed by atoms with E-state index in [1.165, 1.54) is 19.3 Å². The first-order valence-electron chi connectivity index (χ1n) is 9.24. The quantitative estimate of drug-likeness (QED) is 0.582. The zero-order valence-corrected chi connectivity index (χ0v) is 17.1. The highest BCUT2D eigenvalue weighted by molar-refractivity contribution is 6.29. The fourth-order valence-electron chi connectivity index (χ4n) is 3.39. The van der Waals surface area contributed by atoms with Crippen LogP contribution in [-0.4, -0.2) is 53.0 Å². The minimum atomic E-state index is -0.456. The largest absolute Gasteiger partial charge is 0.377 e. The summed E-state index contributed by atoms with van der Waals surface area (Å²) in [5.41, 5.74) is 2.13. The third-order valence-electron chi connectivity index (χ3n) is 4.79. The molecule has 1 saturated heterocycles. The highest BCUT2D eigenvalue weighted by Crippen LogP contribution is 2.32. The van der Waals surface area contributed by atoms with E-state index in [2.05, 4.69) is 27.9 Å². The van der Waals surface area contributed by atoms with Crippen molar-refractivity contribution in [1.29, 1.82) is 5.26 Å². The number of hydrogen-bond acceptors (Lipinski definition) is 6. The van der Waals surface area contributed by atoms with Crippen LogP contribution in [0, 0.1) is 11.3 Å². The van der Waals surface area contributed by atoms with Crippen molar-refractivity contribution in [2.75, 3.05) is 20.3 Å². The number of nitrogens with one attached hydrogen (secondary N) is 1. The van der Waals surface area contributed by atoms with E-state index in [0.29, 0.717) is 16.8 Å². The Kier molecular flexibility index (Phi) is 6.77. The van der Waals surface area contributed by atoms with Gasteiger partial charge in [0.15, 0.2) is 0 Å². The standard InChI is InChI=1S/C21H20ClN5O3/c1-3-20(28)27-15(4-6-23)11-30-12-18(27)14-9-16(26-19(22)10-14)13-5-7-25-17(8-13)21(29)24-2/h3,5,7-10,15,18H,1,4,11-12H2,2H3,(H,24,29)/t15-,18+/m1/s1. The van der Waals surface area contributed by atoms with Crippen molar-refractivity contribution in [3.05, 3.63) is 59.5 Å². The van der Waals surface area contributed by atoms with Crippen LogP contribution in [0.4, 0.5) is 0 Å². The number of morpholine rings is 1. The van der Waals surface area contributed by atoms with Gasteiger partial charge in [0.2, 0.25) is 5.91 Å². The van der Waals surface area contributed by atoms with Crippen molar-refractivity contribution in [2.24, 2.45) is 0 Å². The average molecular weight is 426 g/mol. The zero-order valence-electron chi connectivity index (χ0n) is 16.3. The molecule has 2 amide bonds. The lowest BCUT2D eigenvalue weighted by Gasteiger charge is -2.41. The molecule has 2 aromatic rings. The Morgan fingerprint density at radius 1 is 1.43 bits per heavy atom. The predicted octanol–water partition coefficient (Wildman–Crippen LogP) is 2.52. The molecule has 3 rings (SSSR count). The summed E-state index contributed by atoms with van der Waals surface area (Å²) >= 11 is 6.28. The van der Waals surface area contributed by atoms with Gasteiger partial charge in [0.1, 0.15) is 10.8 Å². The summed E-state index contributed by atoms with van der Waals surface area (Å²) in [5.74, 6) is -0.606. The second-order valence-corrected chi connectivity index (χ2v) is 7.02. The van der Waals surface area contributed by atoms with E-state index in [0.717, 1.165) is 0 Å². The van der Waals surface area contributed by atoms with Crippen LogP contribution in [0.5, 0.6) is 0 Å². The van der Waals surface area contributed by atoms with Gasteiger partial charge >= 0.3 is 0 Å². The molecule has 0 unspecified atom stereocenters. The molecule has 9 heteroatoms. The summed E-state index contributed by atoms with van der Waals surface area (Å²) in [6, 6.07) is 8.04. The SMILES string of the molecule is C=CC(=O)N1[C@H](CC#N)COC[C@H]1c1cc(Cl)nc(-c2ccnc(C(=O)NC)c2)c1. The number of nitrogens with zero attached hydrogens (tertiary/aromatic N) is 4. The molecule has 8 nitrogen and oxygen atoms in total. The summed E-state index contributed by atoms with van der Waals surface area (Å²) < 4.78 is 5.67. The Labute approximate surface area is 179 Å². The first kappa shape index (κ1) is 21.4. The third kappa shape index (κ3) is 4.48. The van der Waals surface area contributed by atoms with Gasteiger partial charge in [-0.2, -0.15) is 5.26 Å². The number of hydrogen-bond donors (Lipinski definition) is 1. The van der Waals surface area contributed by atoms with Crippen LogP contribution >= 0.6 is 11.6 Å². The van der Waals surface area contributed by atoms with Gasteiger partial charge in [0.05, 0.1) is 43.5 Å². The van der Waals surface area contributed by atoms with E-state index in [1.807, 2.05) is 0 Å². The normalized spacial score (nSPS) is 18.4. The Bertz CT molecular complexity index is 1020. The molecule has 0 bridgehead atoms. The fourth-order valence-corrected chi connectivity index (χ4v) is 3.61. The van der Waals surface area contributed by atoms with Gasteiger partial charge in [-0.25, -0.2) is 4.98 Å². The van der Waals surface area contributed by atoms with Gasteiger partial charge < -0.3 is 15.0 Å². The number of halogens is 1. The van der Waals surface area contributed by atoms with E-state index in [4.69, 9.17) is 21.6 Å². The molecule has 2 aromatic heterocycles. The molecule has 0 aromatic carbocycles. The first-order chi connectivity index (χ1) is 14.5. The summed E-state index contributed by atoms with van der Waals surface area (Å²) in [4.78, 5) is 34.5. The van der Waals surface area contributed by atoms with Crippen LogP contribution in [0.1, 0.15) is 28.5 Å². The molecule has 1 N–H and O–H groups in total. The number of carbonyl (C=O) groups is 2. The summed E-state index contributed by atoms with van der Waals surface area (Å²) in [7, 11) is 1.53. The maximum atomic E-state index is 12.6. The summed E-state index contributed by atoms with van der Waals surface area (Å²) in [6.45, 7) is 4.10. The third-order valence-corrected chi connectivity index (χ3v) is 4.98. The smallest absolute Gasteiger partial charge is 0.269 e. The van der Waals surface area contributed by atoms with E-state index >= 15 is 0 Å².